The summed E-state index contributed by atoms with van der Waals surface area (Å²) >= 11 is 0. The molecular weight excluding hydrogens is 342 g/mol. The molecule has 1 fully saturated rings. The largest absolute Gasteiger partial charge is 0.508 e. The van der Waals surface area contributed by atoms with E-state index in [1.165, 1.54) is 0 Å². The molecule has 0 unspecified atom stereocenters. The third-order valence-corrected chi connectivity index (χ3v) is 4.64. The minimum Gasteiger partial charge on any atom is -0.508 e. The summed E-state index contributed by atoms with van der Waals surface area (Å²) in [5, 5.41) is 15.9. The van der Waals surface area contributed by atoms with Gasteiger partial charge in [-0.1, -0.05) is 13.3 Å². The van der Waals surface area contributed by atoms with E-state index in [0.29, 0.717) is 5.95 Å². The van der Waals surface area contributed by atoms with Crippen molar-refractivity contribution in [1.29, 1.82) is 0 Å². The number of aromatic nitrogens is 2. The predicted molar refractivity (Wildman–Crippen MR) is 107 cm³/mol. The van der Waals surface area contributed by atoms with Gasteiger partial charge in [0, 0.05) is 43.5 Å². The molecule has 1 aromatic heterocycles. The molecule has 7 nitrogen and oxygen atoms in total. The number of benzene rings is 1. The van der Waals surface area contributed by atoms with Gasteiger partial charge in [-0.3, -0.25) is 4.79 Å². The predicted octanol–water partition coefficient (Wildman–Crippen LogP) is 2.90. The van der Waals surface area contributed by atoms with Crippen molar-refractivity contribution in [3.05, 3.63) is 35.5 Å². The first-order chi connectivity index (χ1) is 12.9. The fourth-order valence-corrected chi connectivity index (χ4v) is 3.32. The summed E-state index contributed by atoms with van der Waals surface area (Å²) in [6.45, 7) is 7.13. The van der Waals surface area contributed by atoms with Crippen molar-refractivity contribution < 1.29 is 9.90 Å². The molecule has 0 radical (unpaired) electrons. The zero-order valence-corrected chi connectivity index (χ0v) is 16.1. The molecule has 2 aromatic rings. The Kier molecular flexibility index (Phi) is 5.78. The third kappa shape index (κ3) is 4.87. The van der Waals surface area contributed by atoms with Crippen molar-refractivity contribution in [1.82, 2.24) is 15.3 Å². The van der Waals surface area contributed by atoms with E-state index in [9.17, 15) is 9.90 Å². The average Bonchev–Trinajstić information content (AvgIpc) is 3.06. The first-order valence-electron chi connectivity index (χ1n) is 9.41. The molecule has 3 rings (SSSR count). The molecule has 1 saturated heterocycles. The quantitative estimate of drug-likeness (QED) is 0.679. The summed E-state index contributed by atoms with van der Waals surface area (Å²) in [5.41, 5.74) is 2.62. The second-order valence-corrected chi connectivity index (χ2v) is 7.05. The van der Waals surface area contributed by atoms with Crippen molar-refractivity contribution in [2.75, 3.05) is 23.3 Å². The minimum atomic E-state index is 0.00117. The van der Waals surface area contributed by atoms with Gasteiger partial charge < -0.3 is 20.6 Å². The number of aryl methyl sites for hydroxylation is 2. The lowest BCUT2D eigenvalue weighted by Crippen LogP contribution is -2.35. The highest BCUT2D eigenvalue weighted by molar-refractivity contribution is 5.73. The van der Waals surface area contributed by atoms with E-state index in [1.807, 2.05) is 19.1 Å². The smallest absolute Gasteiger partial charge is 0.229 e. The molecule has 1 aromatic carbocycles. The van der Waals surface area contributed by atoms with Crippen LogP contribution in [0.1, 0.15) is 37.9 Å². The molecule has 1 atom stereocenters. The number of hydrogen-bond donors (Lipinski definition) is 3. The highest BCUT2D eigenvalue weighted by atomic mass is 16.3. The molecule has 144 valence electrons. The summed E-state index contributed by atoms with van der Waals surface area (Å²) in [4.78, 5) is 22.8. The van der Waals surface area contributed by atoms with Crippen LogP contribution in [0.3, 0.4) is 0 Å². The Morgan fingerprint density at radius 1 is 1.33 bits per heavy atom. The lowest BCUT2D eigenvalue weighted by atomic mass is 10.2. The molecule has 27 heavy (non-hydrogen) atoms. The Hall–Kier alpha value is -2.83. The van der Waals surface area contributed by atoms with Crippen LogP contribution in [0.4, 0.5) is 17.5 Å². The van der Waals surface area contributed by atoms with Gasteiger partial charge in [0.25, 0.3) is 0 Å². The van der Waals surface area contributed by atoms with Crippen LogP contribution < -0.4 is 15.5 Å². The maximum absolute atomic E-state index is 11.3. The van der Waals surface area contributed by atoms with Gasteiger partial charge in [0.1, 0.15) is 11.6 Å². The Labute approximate surface area is 159 Å². The number of amides is 1. The van der Waals surface area contributed by atoms with Gasteiger partial charge >= 0.3 is 0 Å². The van der Waals surface area contributed by atoms with Gasteiger partial charge in [0.2, 0.25) is 11.9 Å². The van der Waals surface area contributed by atoms with Crippen LogP contribution in [-0.2, 0) is 11.2 Å². The van der Waals surface area contributed by atoms with E-state index in [4.69, 9.17) is 0 Å². The number of rotatable bonds is 6. The van der Waals surface area contributed by atoms with Crippen LogP contribution in [-0.4, -0.2) is 40.1 Å². The molecule has 0 bridgehead atoms. The maximum Gasteiger partial charge on any atom is 0.229 e. The van der Waals surface area contributed by atoms with Gasteiger partial charge in [0.15, 0.2) is 0 Å². The first kappa shape index (κ1) is 18.9. The van der Waals surface area contributed by atoms with E-state index in [0.717, 1.165) is 55.1 Å². The Balaban J connectivity index is 1.82. The molecule has 1 aliphatic heterocycles. The van der Waals surface area contributed by atoms with Crippen LogP contribution >= 0.6 is 0 Å². The third-order valence-electron chi connectivity index (χ3n) is 4.64. The van der Waals surface area contributed by atoms with Crippen molar-refractivity contribution >= 4 is 23.4 Å². The molecule has 1 amide bonds. The number of nitrogens with one attached hydrogen (secondary N) is 2. The number of carbonyl (C=O) groups is 1. The summed E-state index contributed by atoms with van der Waals surface area (Å²) < 4.78 is 0. The summed E-state index contributed by atoms with van der Waals surface area (Å²) in [6.07, 6.45) is 2.79. The fourth-order valence-electron chi connectivity index (χ4n) is 3.32. The number of phenolic OH excluding ortho intramolecular Hbond substituents is 1. The average molecular weight is 369 g/mol. The number of nitrogens with zero attached hydrogens (tertiary/aromatic N) is 3. The lowest BCUT2D eigenvalue weighted by molar-refractivity contribution is -0.119. The monoisotopic (exact) mass is 369 g/mol. The van der Waals surface area contributed by atoms with Gasteiger partial charge in [-0.25, -0.2) is 4.98 Å². The number of aromatic hydroxyl groups is 1. The topological polar surface area (TPSA) is 90.4 Å². The van der Waals surface area contributed by atoms with Crippen molar-refractivity contribution in [3.63, 3.8) is 0 Å². The van der Waals surface area contributed by atoms with Crippen LogP contribution in [0.5, 0.6) is 5.75 Å². The molecule has 1 aliphatic rings. The van der Waals surface area contributed by atoms with Gasteiger partial charge in [-0.05, 0) is 43.5 Å². The summed E-state index contributed by atoms with van der Waals surface area (Å²) in [5.74, 6) is 1.69. The Bertz CT molecular complexity index is 824. The van der Waals surface area contributed by atoms with Crippen LogP contribution in [0.2, 0.25) is 0 Å². The SMILES string of the molecule is CCCc1cc(N2CC[C@H](NC(C)=O)C2)nc(Nc2ccc(O)c(C)c2)n1. The van der Waals surface area contributed by atoms with E-state index in [-0.39, 0.29) is 17.7 Å². The number of hydrogen-bond acceptors (Lipinski definition) is 6. The maximum atomic E-state index is 11.3. The highest BCUT2D eigenvalue weighted by Gasteiger charge is 2.24. The molecule has 7 heteroatoms. The van der Waals surface area contributed by atoms with E-state index < -0.39 is 0 Å². The van der Waals surface area contributed by atoms with E-state index in [1.54, 1.807) is 19.1 Å². The lowest BCUT2D eigenvalue weighted by Gasteiger charge is -2.19. The second kappa shape index (κ2) is 8.24. The zero-order valence-electron chi connectivity index (χ0n) is 16.1. The molecule has 0 saturated carbocycles. The number of anilines is 3. The van der Waals surface area contributed by atoms with E-state index >= 15 is 0 Å². The number of carbonyl (C=O) groups excluding carboxylic acids is 1. The minimum absolute atomic E-state index is 0.00117. The van der Waals surface area contributed by atoms with Crippen molar-refractivity contribution in [2.45, 2.75) is 46.1 Å². The van der Waals surface area contributed by atoms with Crippen LogP contribution in [0.15, 0.2) is 24.3 Å². The highest BCUT2D eigenvalue weighted by Crippen LogP contribution is 2.25. The molecule has 2 heterocycles. The van der Waals surface area contributed by atoms with Crippen molar-refractivity contribution in [3.8, 4) is 5.75 Å². The van der Waals surface area contributed by atoms with Gasteiger partial charge in [-0.15, -0.1) is 0 Å². The fraction of sp³-hybridized carbons (Fsp3) is 0.450. The van der Waals surface area contributed by atoms with Gasteiger partial charge in [-0.2, -0.15) is 4.98 Å². The Morgan fingerprint density at radius 3 is 2.85 bits per heavy atom. The summed E-state index contributed by atoms with van der Waals surface area (Å²) in [7, 11) is 0. The van der Waals surface area contributed by atoms with Crippen LogP contribution in [0.25, 0.3) is 0 Å². The molecule has 0 spiro atoms. The molecule has 0 aliphatic carbocycles. The standard InChI is InChI=1S/C20H27N5O2/c1-4-5-15-11-19(25-9-8-17(12-25)21-14(3)26)24-20(22-15)23-16-6-7-18(27)13(2)10-16/h6-7,10-11,17,27H,4-5,8-9,12H2,1-3H3,(H,21,26)(H,22,23,24)/t17-/m0/s1. The summed E-state index contributed by atoms with van der Waals surface area (Å²) in [6, 6.07) is 7.52. The Morgan fingerprint density at radius 2 is 2.15 bits per heavy atom. The van der Waals surface area contributed by atoms with E-state index in [2.05, 4.69) is 32.4 Å². The van der Waals surface area contributed by atoms with Crippen molar-refractivity contribution in [2.24, 2.45) is 0 Å². The second-order valence-electron chi connectivity index (χ2n) is 7.05. The molecular formula is C20H27N5O2. The van der Waals surface area contributed by atoms with Crippen LogP contribution in [0, 0.1) is 6.92 Å². The van der Waals surface area contributed by atoms with Gasteiger partial charge in [0.05, 0.1) is 0 Å². The normalized spacial score (nSPS) is 16.4. The zero-order chi connectivity index (χ0) is 19.4. The first-order valence-corrected chi connectivity index (χ1v) is 9.41. The number of phenols is 1. The molecule has 3 N–H and O–H groups in total.